The van der Waals surface area contributed by atoms with Gasteiger partial charge in [0.05, 0.1) is 5.69 Å². The van der Waals surface area contributed by atoms with Crippen LogP contribution < -0.4 is 0 Å². The third kappa shape index (κ3) is 4.29. The second-order valence-corrected chi connectivity index (χ2v) is 7.92. The first-order valence-corrected chi connectivity index (χ1v) is 10.7. The molecule has 4 aromatic rings. The zero-order valence-corrected chi connectivity index (χ0v) is 17.7. The molecule has 33 heavy (non-hydrogen) atoms. The van der Waals surface area contributed by atoms with E-state index in [4.69, 9.17) is 5.11 Å². The van der Waals surface area contributed by atoms with Gasteiger partial charge in [-0.15, -0.1) is 0 Å². The lowest BCUT2D eigenvalue weighted by molar-refractivity contribution is 0.238. The average molecular weight is 445 g/mol. The molecule has 166 valence electrons. The van der Waals surface area contributed by atoms with Crippen molar-refractivity contribution >= 4 is 17.2 Å². The van der Waals surface area contributed by atoms with Gasteiger partial charge in [0.2, 0.25) is 0 Å². The minimum Gasteiger partial charge on any atom is -0.396 e. The Hall–Kier alpha value is -3.78. The standard InChI is InChI=1S/C25H21F2N5O/c26-19-4-5-23(27)22(10-19)24-11-21(20-3-1-6-29-25(20)31-24)17-9-16(12-28-13-17)18-14-30-32(15-18)7-2-8-33/h1,3-6,9-14,18,33H,2,7-8,15H2. The van der Waals surface area contributed by atoms with Crippen molar-refractivity contribution in [1.29, 1.82) is 0 Å². The lowest BCUT2D eigenvalue weighted by Gasteiger charge is -2.16. The van der Waals surface area contributed by atoms with Crippen LogP contribution in [0.2, 0.25) is 0 Å². The molecular formula is C25H21F2N5O. The topological polar surface area (TPSA) is 74.5 Å². The van der Waals surface area contributed by atoms with Crippen LogP contribution in [0.4, 0.5) is 8.78 Å². The molecular weight excluding hydrogens is 424 g/mol. The van der Waals surface area contributed by atoms with Gasteiger partial charge in [-0.05, 0) is 60.0 Å². The fourth-order valence-electron chi connectivity index (χ4n) is 4.03. The predicted octanol–water partition coefficient (Wildman–Crippen LogP) is 4.40. The zero-order chi connectivity index (χ0) is 22.8. The molecule has 8 heteroatoms. The van der Waals surface area contributed by atoms with Crippen molar-refractivity contribution in [3.8, 4) is 22.4 Å². The SMILES string of the molecule is OCCCN1CC(c2cncc(-c3cc(-c4cc(F)ccc4F)nc4ncccc34)c2)C=N1. The van der Waals surface area contributed by atoms with Crippen LogP contribution in [-0.2, 0) is 0 Å². The Labute approximate surface area is 189 Å². The summed E-state index contributed by atoms with van der Waals surface area (Å²) in [4.78, 5) is 13.3. The molecule has 1 aliphatic heterocycles. The molecule has 0 saturated carbocycles. The second kappa shape index (κ2) is 8.99. The number of fused-ring (bicyclic) bond motifs is 1. The van der Waals surface area contributed by atoms with E-state index in [1.54, 1.807) is 18.5 Å². The van der Waals surface area contributed by atoms with Crippen LogP contribution in [0, 0.1) is 11.6 Å². The van der Waals surface area contributed by atoms with E-state index in [-0.39, 0.29) is 18.1 Å². The van der Waals surface area contributed by atoms with E-state index in [0.29, 0.717) is 30.9 Å². The lowest BCUT2D eigenvalue weighted by atomic mass is 9.96. The third-order valence-corrected chi connectivity index (χ3v) is 5.68. The minimum atomic E-state index is -0.554. The van der Waals surface area contributed by atoms with Crippen molar-refractivity contribution in [2.24, 2.45) is 5.10 Å². The third-order valence-electron chi connectivity index (χ3n) is 5.68. The van der Waals surface area contributed by atoms with Gasteiger partial charge in [-0.3, -0.25) is 9.99 Å². The van der Waals surface area contributed by atoms with Crippen molar-refractivity contribution < 1.29 is 13.9 Å². The van der Waals surface area contributed by atoms with E-state index in [1.165, 1.54) is 0 Å². The highest BCUT2D eigenvalue weighted by molar-refractivity contribution is 5.95. The lowest BCUT2D eigenvalue weighted by Crippen LogP contribution is -2.19. The smallest absolute Gasteiger partial charge is 0.160 e. The van der Waals surface area contributed by atoms with E-state index in [0.717, 1.165) is 40.3 Å². The Morgan fingerprint density at radius 3 is 2.85 bits per heavy atom. The number of hydrazone groups is 1. The Morgan fingerprint density at radius 2 is 1.97 bits per heavy atom. The number of halogens is 2. The number of aliphatic hydroxyl groups excluding tert-OH is 1. The van der Waals surface area contributed by atoms with Gasteiger partial charge in [-0.1, -0.05) is 0 Å². The molecule has 6 nitrogen and oxygen atoms in total. The Balaban J connectivity index is 1.57. The summed E-state index contributed by atoms with van der Waals surface area (Å²) in [5.41, 5.74) is 3.43. The molecule has 1 N–H and O–H groups in total. The molecule has 1 unspecified atom stereocenters. The molecule has 0 radical (unpaired) electrons. The molecule has 0 aliphatic carbocycles. The van der Waals surface area contributed by atoms with Gasteiger partial charge in [0.1, 0.15) is 11.6 Å². The summed E-state index contributed by atoms with van der Waals surface area (Å²) in [6, 6.07) is 10.8. The predicted molar refractivity (Wildman–Crippen MR) is 123 cm³/mol. The van der Waals surface area contributed by atoms with Gasteiger partial charge < -0.3 is 5.11 Å². The summed E-state index contributed by atoms with van der Waals surface area (Å²) in [7, 11) is 0. The van der Waals surface area contributed by atoms with Crippen molar-refractivity contribution in [2.75, 3.05) is 19.7 Å². The highest BCUT2D eigenvalue weighted by atomic mass is 19.1. The summed E-state index contributed by atoms with van der Waals surface area (Å²) in [6.45, 7) is 1.54. The first kappa shape index (κ1) is 21.1. The van der Waals surface area contributed by atoms with E-state index < -0.39 is 11.6 Å². The molecule has 1 aromatic carbocycles. The number of benzene rings is 1. The largest absolute Gasteiger partial charge is 0.396 e. The second-order valence-electron chi connectivity index (χ2n) is 7.92. The number of hydrogen-bond donors (Lipinski definition) is 1. The van der Waals surface area contributed by atoms with Crippen LogP contribution in [0.1, 0.15) is 17.9 Å². The van der Waals surface area contributed by atoms with Crippen LogP contribution in [0.15, 0.2) is 66.2 Å². The summed E-state index contributed by atoms with van der Waals surface area (Å²) in [5, 5.41) is 16.2. The minimum absolute atomic E-state index is 0.0718. The van der Waals surface area contributed by atoms with Crippen molar-refractivity contribution in [2.45, 2.75) is 12.3 Å². The van der Waals surface area contributed by atoms with Crippen LogP contribution in [-0.4, -0.2) is 51.0 Å². The number of aliphatic hydroxyl groups is 1. The molecule has 3 aromatic heterocycles. The summed E-state index contributed by atoms with van der Waals surface area (Å²) in [6.07, 6.45) is 7.72. The number of rotatable bonds is 6. The van der Waals surface area contributed by atoms with Gasteiger partial charge in [-0.2, -0.15) is 5.10 Å². The highest BCUT2D eigenvalue weighted by Gasteiger charge is 2.21. The highest BCUT2D eigenvalue weighted by Crippen LogP contribution is 2.33. The van der Waals surface area contributed by atoms with Gasteiger partial charge in [0.15, 0.2) is 5.65 Å². The van der Waals surface area contributed by atoms with E-state index in [1.807, 2.05) is 35.6 Å². The monoisotopic (exact) mass is 445 g/mol. The normalized spacial score (nSPS) is 15.5. The average Bonchev–Trinajstić information content (AvgIpc) is 3.33. The summed E-state index contributed by atoms with van der Waals surface area (Å²) >= 11 is 0. The maximum absolute atomic E-state index is 14.5. The summed E-state index contributed by atoms with van der Waals surface area (Å²) in [5.74, 6) is -1.02. The van der Waals surface area contributed by atoms with Crippen molar-refractivity contribution in [3.63, 3.8) is 0 Å². The molecule has 4 heterocycles. The molecule has 1 atom stereocenters. The zero-order valence-electron chi connectivity index (χ0n) is 17.7. The van der Waals surface area contributed by atoms with E-state index >= 15 is 0 Å². The fraction of sp³-hybridized carbons (Fsp3) is 0.200. The quantitative estimate of drug-likeness (QED) is 0.476. The molecule has 0 amide bonds. The molecule has 5 rings (SSSR count). The molecule has 0 fully saturated rings. The molecule has 0 spiro atoms. The fourth-order valence-corrected chi connectivity index (χ4v) is 4.03. The van der Waals surface area contributed by atoms with Gasteiger partial charge in [-0.25, -0.2) is 18.7 Å². The number of nitrogens with zero attached hydrogens (tertiary/aromatic N) is 5. The van der Waals surface area contributed by atoms with Gasteiger partial charge >= 0.3 is 0 Å². The Bertz CT molecular complexity index is 1340. The first-order chi connectivity index (χ1) is 16.1. The molecule has 1 aliphatic rings. The molecule has 0 bridgehead atoms. The number of hydrogen-bond acceptors (Lipinski definition) is 6. The van der Waals surface area contributed by atoms with Gasteiger partial charge in [0, 0.05) is 66.9 Å². The van der Waals surface area contributed by atoms with Gasteiger partial charge in [0.25, 0.3) is 0 Å². The van der Waals surface area contributed by atoms with Crippen LogP contribution in [0.3, 0.4) is 0 Å². The maximum atomic E-state index is 14.5. The van der Waals surface area contributed by atoms with E-state index in [9.17, 15) is 8.78 Å². The first-order valence-electron chi connectivity index (χ1n) is 10.7. The Morgan fingerprint density at radius 1 is 1.06 bits per heavy atom. The maximum Gasteiger partial charge on any atom is 0.160 e. The van der Waals surface area contributed by atoms with Crippen LogP contribution in [0.5, 0.6) is 0 Å². The van der Waals surface area contributed by atoms with Crippen molar-refractivity contribution in [3.05, 3.63) is 78.3 Å². The van der Waals surface area contributed by atoms with Crippen LogP contribution >= 0.6 is 0 Å². The van der Waals surface area contributed by atoms with E-state index in [2.05, 4.69) is 20.1 Å². The summed E-state index contributed by atoms with van der Waals surface area (Å²) < 4.78 is 28.4. The number of aromatic nitrogens is 3. The Kier molecular flexibility index (Phi) is 5.75. The van der Waals surface area contributed by atoms with Crippen LogP contribution in [0.25, 0.3) is 33.4 Å². The van der Waals surface area contributed by atoms with Crippen molar-refractivity contribution in [1.82, 2.24) is 20.0 Å². The number of pyridine rings is 3. The molecule has 0 saturated heterocycles.